The van der Waals surface area contributed by atoms with E-state index in [2.05, 4.69) is 5.10 Å². The standard InChI is InChI=1S/C13H19N3O3/c1-8-6-10(13(18)19)4-5-16(8)12(17)11-7-15(3)14-9(11)2/h7-8,10H,4-6H2,1-3H3,(H,18,19). The molecule has 1 aliphatic rings. The summed E-state index contributed by atoms with van der Waals surface area (Å²) in [5.41, 5.74) is 1.31. The van der Waals surface area contributed by atoms with E-state index in [0.717, 1.165) is 0 Å². The first-order valence-electron chi connectivity index (χ1n) is 6.44. The predicted molar refractivity (Wildman–Crippen MR) is 68.8 cm³/mol. The number of aliphatic carboxylic acids is 1. The zero-order valence-electron chi connectivity index (χ0n) is 11.5. The van der Waals surface area contributed by atoms with Crippen molar-refractivity contribution in [2.24, 2.45) is 13.0 Å². The lowest BCUT2D eigenvalue weighted by Gasteiger charge is -2.36. The summed E-state index contributed by atoms with van der Waals surface area (Å²) in [5, 5.41) is 13.2. The van der Waals surface area contributed by atoms with Crippen LogP contribution < -0.4 is 0 Å². The molecule has 1 saturated heterocycles. The van der Waals surface area contributed by atoms with Gasteiger partial charge in [-0.1, -0.05) is 0 Å². The minimum Gasteiger partial charge on any atom is -0.481 e. The lowest BCUT2D eigenvalue weighted by Crippen LogP contribution is -2.46. The Bertz CT molecular complexity index is 509. The highest BCUT2D eigenvalue weighted by molar-refractivity contribution is 5.95. The summed E-state index contributed by atoms with van der Waals surface area (Å²) in [5.74, 6) is -1.16. The number of aryl methyl sites for hydroxylation is 2. The molecule has 1 fully saturated rings. The summed E-state index contributed by atoms with van der Waals surface area (Å²) >= 11 is 0. The van der Waals surface area contributed by atoms with Crippen LogP contribution in [0, 0.1) is 12.8 Å². The van der Waals surface area contributed by atoms with E-state index in [1.165, 1.54) is 0 Å². The molecule has 0 spiro atoms. The molecule has 1 aromatic rings. The van der Waals surface area contributed by atoms with Gasteiger partial charge in [-0.25, -0.2) is 0 Å². The van der Waals surface area contributed by atoms with E-state index in [4.69, 9.17) is 5.11 Å². The van der Waals surface area contributed by atoms with Gasteiger partial charge in [-0.15, -0.1) is 0 Å². The van der Waals surface area contributed by atoms with Crippen LogP contribution in [-0.2, 0) is 11.8 Å². The summed E-state index contributed by atoms with van der Waals surface area (Å²) in [6, 6.07) is -0.0537. The Balaban J connectivity index is 2.13. The molecule has 6 heteroatoms. The maximum atomic E-state index is 12.4. The number of hydrogen-bond acceptors (Lipinski definition) is 3. The van der Waals surface area contributed by atoms with Gasteiger partial charge in [0.25, 0.3) is 5.91 Å². The number of carbonyl (C=O) groups is 2. The van der Waals surface area contributed by atoms with Gasteiger partial charge in [0.05, 0.1) is 17.2 Å². The second kappa shape index (κ2) is 5.03. The van der Waals surface area contributed by atoms with E-state index < -0.39 is 5.97 Å². The van der Waals surface area contributed by atoms with E-state index in [1.54, 1.807) is 22.8 Å². The Morgan fingerprint density at radius 2 is 2.16 bits per heavy atom. The van der Waals surface area contributed by atoms with Gasteiger partial charge in [0, 0.05) is 25.8 Å². The first kappa shape index (κ1) is 13.6. The fourth-order valence-electron chi connectivity index (χ4n) is 2.66. The quantitative estimate of drug-likeness (QED) is 0.867. The van der Waals surface area contributed by atoms with Gasteiger partial charge >= 0.3 is 5.97 Å². The zero-order valence-corrected chi connectivity index (χ0v) is 11.5. The van der Waals surface area contributed by atoms with Crippen molar-refractivity contribution in [1.82, 2.24) is 14.7 Å². The third-order valence-electron chi connectivity index (χ3n) is 3.73. The van der Waals surface area contributed by atoms with Crippen molar-refractivity contribution in [2.75, 3.05) is 6.54 Å². The van der Waals surface area contributed by atoms with E-state index in [9.17, 15) is 9.59 Å². The van der Waals surface area contributed by atoms with Crippen molar-refractivity contribution in [2.45, 2.75) is 32.7 Å². The molecule has 104 valence electrons. The van der Waals surface area contributed by atoms with Crippen LogP contribution in [0.3, 0.4) is 0 Å². The number of piperidine rings is 1. The Labute approximate surface area is 112 Å². The number of nitrogens with zero attached hydrogens (tertiary/aromatic N) is 3. The van der Waals surface area contributed by atoms with Gasteiger partial charge in [0.1, 0.15) is 0 Å². The molecule has 0 bridgehead atoms. The summed E-state index contributed by atoms with van der Waals surface area (Å²) in [4.78, 5) is 25.2. The van der Waals surface area contributed by atoms with Gasteiger partial charge in [-0.3, -0.25) is 14.3 Å². The van der Waals surface area contributed by atoms with Crippen molar-refractivity contribution >= 4 is 11.9 Å². The number of amides is 1. The molecular weight excluding hydrogens is 246 g/mol. The SMILES string of the molecule is Cc1nn(C)cc1C(=O)N1CCC(C(=O)O)CC1C. The molecule has 2 unspecified atom stereocenters. The molecular formula is C13H19N3O3. The van der Waals surface area contributed by atoms with Crippen molar-refractivity contribution in [3.8, 4) is 0 Å². The summed E-state index contributed by atoms with van der Waals surface area (Å²) < 4.78 is 1.62. The largest absolute Gasteiger partial charge is 0.481 e. The van der Waals surface area contributed by atoms with E-state index in [1.807, 2.05) is 13.8 Å². The average Bonchev–Trinajstić information content (AvgIpc) is 2.67. The zero-order chi connectivity index (χ0) is 14.2. The maximum Gasteiger partial charge on any atom is 0.306 e. The van der Waals surface area contributed by atoms with E-state index in [-0.39, 0.29) is 17.9 Å². The number of carboxylic acids is 1. The highest BCUT2D eigenvalue weighted by Gasteiger charge is 2.33. The smallest absolute Gasteiger partial charge is 0.306 e. The van der Waals surface area contributed by atoms with Gasteiger partial charge in [-0.05, 0) is 26.7 Å². The van der Waals surface area contributed by atoms with Crippen LogP contribution in [0.1, 0.15) is 35.8 Å². The molecule has 0 radical (unpaired) electrons. The number of rotatable bonds is 2. The molecule has 2 rings (SSSR count). The van der Waals surface area contributed by atoms with Crippen LogP contribution in [0.4, 0.5) is 0 Å². The maximum absolute atomic E-state index is 12.4. The van der Waals surface area contributed by atoms with Crippen LogP contribution in [0.15, 0.2) is 6.20 Å². The first-order valence-corrected chi connectivity index (χ1v) is 6.44. The van der Waals surface area contributed by atoms with Crippen molar-refractivity contribution < 1.29 is 14.7 Å². The van der Waals surface area contributed by atoms with Gasteiger partial charge in [-0.2, -0.15) is 5.10 Å². The Kier molecular flexibility index (Phi) is 3.59. The van der Waals surface area contributed by atoms with Crippen molar-refractivity contribution in [3.63, 3.8) is 0 Å². The molecule has 0 saturated carbocycles. The van der Waals surface area contributed by atoms with Gasteiger partial charge in [0.2, 0.25) is 0 Å². The normalized spacial score (nSPS) is 23.4. The molecule has 0 aromatic carbocycles. The minimum absolute atomic E-state index is 0.0537. The van der Waals surface area contributed by atoms with Crippen molar-refractivity contribution in [1.29, 1.82) is 0 Å². The number of likely N-dealkylation sites (tertiary alicyclic amines) is 1. The molecule has 2 heterocycles. The van der Waals surface area contributed by atoms with E-state index >= 15 is 0 Å². The number of carbonyl (C=O) groups excluding carboxylic acids is 1. The fourth-order valence-corrected chi connectivity index (χ4v) is 2.66. The Hall–Kier alpha value is -1.85. The van der Waals surface area contributed by atoms with Gasteiger partial charge in [0.15, 0.2) is 0 Å². The molecule has 1 N–H and O–H groups in total. The van der Waals surface area contributed by atoms with Gasteiger partial charge < -0.3 is 10.0 Å². The second-order valence-corrected chi connectivity index (χ2v) is 5.21. The van der Waals surface area contributed by atoms with Crippen LogP contribution in [0.2, 0.25) is 0 Å². The van der Waals surface area contributed by atoms with Crippen LogP contribution >= 0.6 is 0 Å². The molecule has 1 aromatic heterocycles. The molecule has 19 heavy (non-hydrogen) atoms. The Morgan fingerprint density at radius 1 is 1.47 bits per heavy atom. The number of carboxylic acid groups (broad SMARTS) is 1. The third-order valence-corrected chi connectivity index (χ3v) is 3.73. The average molecular weight is 265 g/mol. The monoisotopic (exact) mass is 265 g/mol. The lowest BCUT2D eigenvalue weighted by atomic mass is 9.91. The van der Waals surface area contributed by atoms with Crippen LogP contribution in [-0.4, -0.2) is 44.3 Å². The minimum atomic E-state index is -0.767. The third kappa shape index (κ3) is 2.62. The molecule has 0 aliphatic carbocycles. The molecule has 1 aliphatic heterocycles. The lowest BCUT2D eigenvalue weighted by molar-refractivity contribution is -0.143. The highest BCUT2D eigenvalue weighted by atomic mass is 16.4. The number of hydrogen-bond donors (Lipinski definition) is 1. The van der Waals surface area contributed by atoms with E-state index in [0.29, 0.717) is 30.6 Å². The predicted octanol–water partition coefficient (Wildman–Crippen LogP) is 1.05. The van der Waals surface area contributed by atoms with Crippen LogP contribution in [0.25, 0.3) is 0 Å². The van der Waals surface area contributed by atoms with Crippen molar-refractivity contribution in [3.05, 3.63) is 17.5 Å². The molecule has 6 nitrogen and oxygen atoms in total. The Morgan fingerprint density at radius 3 is 2.63 bits per heavy atom. The summed E-state index contributed by atoms with van der Waals surface area (Å²) in [6.45, 7) is 4.20. The molecule has 2 atom stereocenters. The summed E-state index contributed by atoms with van der Waals surface area (Å²) in [6.07, 6.45) is 2.75. The highest BCUT2D eigenvalue weighted by Crippen LogP contribution is 2.25. The first-order chi connectivity index (χ1) is 8.90. The summed E-state index contributed by atoms with van der Waals surface area (Å²) in [7, 11) is 1.78. The topological polar surface area (TPSA) is 75.4 Å². The second-order valence-electron chi connectivity index (χ2n) is 5.21. The number of aromatic nitrogens is 2. The molecule has 1 amide bonds. The fraction of sp³-hybridized carbons (Fsp3) is 0.615. The van der Waals surface area contributed by atoms with Crippen LogP contribution in [0.5, 0.6) is 0 Å².